The number of benzene rings is 3. The Morgan fingerprint density at radius 3 is 2.51 bits per heavy atom. The average molecular weight is 595 g/mol. The standard InChI is InChI=1S/C26H20BrClF3N3O3/c1-3-36-20-13-16(21(27)22(28)23(20)37-4-2)14-32-34-24(15-8-7-9-17(12-15)26(29,30)31)33-19-11-6-5-10-18(19)25(34)35/h5-14H,3-4H2,1-2H3. The van der Waals surface area contributed by atoms with Gasteiger partial charge in [-0.05, 0) is 60.1 Å². The van der Waals surface area contributed by atoms with Crippen molar-refractivity contribution in [3.05, 3.63) is 85.6 Å². The smallest absolute Gasteiger partial charge is 0.416 e. The van der Waals surface area contributed by atoms with E-state index < -0.39 is 17.3 Å². The van der Waals surface area contributed by atoms with Crippen LogP contribution in [0.4, 0.5) is 13.2 Å². The number of hydrogen-bond donors (Lipinski definition) is 0. The van der Waals surface area contributed by atoms with Crippen LogP contribution in [-0.4, -0.2) is 29.1 Å². The Morgan fingerprint density at radius 1 is 1.08 bits per heavy atom. The van der Waals surface area contributed by atoms with E-state index in [4.69, 9.17) is 21.1 Å². The summed E-state index contributed by atoms with van der Waals surface area (Å²) in [6.45, 7) is 4.32. The summed E-state index contributed by atoms with van der Waals surface area (Å²) in [7, 11) is 0. The fourth-order valence-electron chi connectivity index (χ4n) is 3.61. The van der Waals surface area contributed by atoms with Crippen molar-refractivity contribution in [3.8, 4) is 22.9 Å². The third-order valence-electron chi connectivity index (χ3n) is 5.26. The minimum atomic E-state index is -4.57. The minimum absolute atomic E-state index is 0.0516. The molecule has 0 atom stereocenters. The van der Waals surface area contributed by atoms with Gasteiger partial charge in [-0.25, -0.2) is 4.98 Å². The molecule has 4 aromatic rings. The zero-order valence-corrected chi connectivity index (χ0v) is 22.0. The first-order valence-corrected chi connectivity index (χ1v) is 12.3. The van der Waals surface area contributed by atoms with Crippen molar-refractivity contribution < 1.29 is 22.6 Å². The Labute approximate surface area is 223 Å². The quantitative estimate of drug-likeness (QED) is 0.213. The Kier molecular flexibility index (Phi) is 7.89. The Bertz CT molecular complexity index is 1550. The van der Waals surface area contributed by atoms with Gasteiger partial charge < -0.3 is 9.47 Å². The SMILES string of the molecule is CCOc1cc(C=Nn2c(-c3cccc(C(F)(F)F)c3)nc3ccccc3c2=O)c(Br)c(Cl)c1OCC. The number of alkyl halides is 3. The summed E-state index contributed by atoms with van der Waals surface area (Å²) in [6.07, 6.45) is -3.22. The van der Waals surface area contributed by atoms with Crippen molar-refractivity contribution in [3.63, 3.8) is 0 Å². The van der Waals surface area contributed by atoms with Crippen LogP contribution in [0.2, 0.25) is 5.02 Å². The minimum Gasteiger partial charge on any atom is -0.490 e. The lowest BCUT2D eigenvalue weighted by Gasteiger charge is -2.15. The van der Waals surface area contributed by atoms with Crippen LogP contribution in [0.1, 0.15) is 25.0 Å². The monoisotopic (exact) mass is 593 g/mol. The molecule has 1 heterocycles. The molecule has 0 saturated carbocycles. The van der Waals surface area contributed by atoms with Crippen LogP contribution in [0.5, 0.6) is 11.5 Å². The van der Waals surface area contributed by atoms with E-state index in [-0.39, 0.29) is 21.8 Å². The van der Waals surface area contributed by atoms with Gasteiger partial charge in [0, 0.05) is 15.6 Å². The summed E-state index contributed by atoms with van der Waals surface area (Å²) in [5, 5.41) is 4.83. The first-order valence-electron chi connectivity index (χ1n) is 11.2. The van der Waals surface area contributed by atoms with Crippen molar-refractivity contribution in [1.29, 1.82) is 0 Å². The second-order valence-corrected chi connectivity index (χ2v) is 8.85. The second kappa shape index (κ2) is 10.9. The van der Waals surface area contributed by atoms with Crippen LogP contribution in [0.25, 0.3) is 22.3 Å². The molecule has 0 fully saturated rings. The van der Waals surface area contributed by atoms with Crippen LogP contribution in [-0.2, 0) is 6.18 Å². The summed E-state index contributed by atoms with van der Waals surface area (Å²) >= 11 is 9.92. The first-order chi connectivity index (χ1) is 17.7. The molecule has 3 aromatic carbocycles. The molecule has 1 aromatic heterocycles. The van der Waals surface area contributed by atoms with E-state index in [0.29, 0.717) is 40.3 Å². The molecule has 0 aliphatic rings. The molecule has 0 N–H and O–H groups in total. The molecule has 6 nitrogen and oxygen atoms in total. The van der Waals surface area contributed by atoms with E-state index in [1.807, 2.05) is 6.92 Å². The number of fused-ring (bicyclic) bond motifs is 1. The maximum absolute atomic E-state index is 13.4. The predicted octanol–water partition coefficient (Wildman–Crippen LogP) is 7.18. The molecule has 11 heteroatoms. The van der Waals surface area contributed by atoms with E-state index >= 15 is 0 Å². The number of ether oxygens (including phenoxy) is 2. The predicted molar refractivity (Wildman–Crippen MR) is 141 cm³/mol. The fraction of sp³-hybridized carbons (Fsp3) is 0.192. The van der Waals surface area contributed by atoms with Gasteiger partial charge in [-0.3, -0.25) is 4.79 Å². The first kappa shape index (κ1) is 26.7. The molecule has 0 amide bonds. The van der Waals surface area contributed by atoms with Crippen LogP contribution in [0, 0.1) is 0 Å². The van der Waals surface area contributed by atoms with E-state index in [9.17, 15) is 18.0 Å². The number of nitrogens with zero attached hydrogens (tertiary/aromatic N) is 3. The summed E-state index contributed by atoms with van der Waals surface area (Å²) < 4.78 is 52.9. The zero-order chi connectivity index (χ0) is 26.7. The lowest BCUT2D eigenvalue weighted by atomic mass is 10.1. The molecular weight excluding hydrogens is 575 g/mol. The van der Waals surface area contributed by atoms with Crippen molar-refractivity contribution in [2.45, 2.75) is 20.0 Å². The Balaban J connectivity index is 1.93. The third-order valence-corrected chi connectivity index (χ3v) is 6.70. The molecule has 192 valence electrons. The van der Waals surface area contributed by atoms with Crippen molar-refractivity contribution >= 4 is 44.6 Å². The molecule has 0 spiro atoms. The average Bonchev–Trinajstić information content (AvgIpc) is 2.88. The summed E-state index contributed by atoms with van der Waals surface area (Å²) in [4.78, 5) is 17.9. The highest BCUT2D eigenvalue weighted by Gasteiger charge is 2.31. The number of rotatable bonds is 7. The highest BCUT2D eigenvalue weighted by Crippen LogP contribution is 2.42. The van der Waals surface area contributed by atoms with Crippen LogP contribution >= 0.6 is 27.5 Å². The largest absolute Gasteiger partial charge is 0.490 e. The van der Waals surface area contributed by atoms with E-state index in [2.05, 4.69) is 26.0 Å². The van der Waals surface area contributed by atoms with Gasteiger partial charge >= 0.3 is 6.18 Å². The number of halogens is 5. The summed E-state index contributed by atoms with van der Waals surface area (Å²) in [5.74, 6) is 0.676. The van der Waals surface area contributed by atoms with Gasteiger partial charge in [-0.15, -0.1) is 0 Å². The highest BCUT2D eigenvalue weighted by molar-refractivity contribution is 9.10. The summed E-state index contributed by atoms with van der Waals surface area (Å²) in [5.41, 5.74) is -0.561. The topological polar surface area (TPSA) is 65.7 Å². The maximum atomic E-state index is 13.4. The molecule has 0 unspecified atom stereocenters. The van der Waals surface area contributed by atoms with Crippen LogP contribution < -0.4 is 15.0 Å². The number of hydrogen-bond acceptors (Lipinski definition) is 5. The van der Waals surface area contributed by atoms with Crippen LogP contribution in [0.15, 0.2) is 69.0 Å². The molecule has 0 radical (unpaired) electrons. The van der Waals surface area contributed by atoms with Gasteiger partial charge in [0.15, 0.2) is 17.3 Å². The molecular formula is C26H20BrClF3N3O3. The number of aromatic nitrogens is 2. The molecule has 37 heavy (non-hydrogen) atoms. The molecule has 4 rings (SSSR count). The van der Waals surface area contributed by atoms with E-state index in [1.54, 1.807) is 37.3 Å². The Morgan fingerprint density at radius 2 is 1.81 bits per heavy atom. The van der Waals surface area contributed by atoms with Gasteiger partial charge in [-0.2, -0.15) is 22.9 Å². The normalized spacial score (nSPS) is 11.9. The van der Waals surface area contributed by atoms with E-state index in [1.165, 1.54) is 18.3 Å². The van der Waals surface area contributed by atoms with Gasteiger partial charge in [0.2, 0.25) is 0 Å². The fourth-order valence-corrected chi connectivity index (χ4v) is 4.27. The van der Waals surface area contributed by atoms with Gasteiger partial charge in [0.1, 0.15) is 5.02 Å². The number of para-hydroxylation sites is 1. The summed E-state index contributed by atoms with van der Waals surface area (Å²) in [6, 6.07) is 12.7. The third kappa shape index (κ3) is 5.50. The van der Waals surface area contributed by atoms with Crippen molar-refractivity contribution in [1.82, 2.24) is 9.66 Å². The molecule has 0 aliphatic heterocycles. The van der Waals surface area contributed by atoms with Crippen molar-refractivity contribution in [2.24, 2.45) is 5.10 Å². The maximum Gasteiger partial charge on any atom is 0.416 e. The zero-order valence-electron chi connectivity index (χ0n) is 19.6. The highest BCUT2D eigenvalue weighted by atomic mass is 79.9. The lowest BCUT2D eigenvalue weighted by molar-refractivity contribution is -0.137. The van der Waals surface area contributed by atoms with Gasteiger partial charge in [0.25, 0.3) is 5.56 Å². The second-order valence-electron chi connectivity index (χ2n) is 7.68. The molecule has 0 aliphatic carbocycles. The lowest BCUT2D eigenvalue weighted by Crippen LogP contribution is -2.20. The molecule has 0 saturated heterocycles. The molecule has 0 bridgehead atoms. The van der Waals surface area contributed by atoms with Gasteiger partial charge in [0.05, 0.1) is 35.9 Å². The van der Waals surface area contributed by atoms with E-state index in [0.717, 1.165) is 16.8 Å². The Hall–Kier alpha value is -3.37. The van der Waals surface area contributed by atoms with Gasteiger partial charge in [-0.1, -0.05) is 35.9 Å². The van der Waals surface area contributed by atoms with Crippen molar-refractivity contribution in [2.75, 3.05) is 13.2 Å². The van der Waals surface area contributed by atoms with Crippen LogP contribution in [0.3, 0.4) is 0 Å².